The molecular weight excluding hydrogens is 145 g/mol. The molecule has 0 spiro atoms. The Balaban J connectivity index is 2.63. The number of hydrogen-bond acceptors (Lipinski definition) is 2. The van der Waals surface area contributed by atoms with Crippen molar-refractivity contribution in [1.29, 1.82) is 5.26 Å². The fraction of sp³-hybridized carbons (Fsp3) is 0.429. The molecule has 1 heterocycles. The van der Waals surface area contributed by atoms with Crippen LogP contribution in [0.3, 0.4) is 0 Å². The molecule has 1 rings (SSSR count). The van der Waals surface area contributed by atoms with Crippen LogP contribution in [0.5, 0.6) is 0 Å². The Morgan fingerprint density at radius 3 is 3.18 bits per heavy atom. The van der Waals surface area contributed by atoms with Gasteiger partial charge in [-0.15, -0.1) is 0 Å². The van der Waals surface area contributed by atoms with Crippen LogP contribution >= 0.6 is 0 Å². The third-order valence-corrected chi connectivity index (χ3v) is 1.33. The van der Waals surface area contributed by atoms with Crippen molar-refractivity contribution >= 4 is 0 Å². The molecule has 0 atom stereocenters. The average Bonchev–Trinajstić information content (AvgIpc) is 2.47. The lowest BCUT2D eigenvalue weighted by molar-refractivity contribution is 0.433. The largest absolute Gasteiger partial charge is 0.255 e. The van der Waals surface area contributed by atoms with Gasteiger partial charge in [0.25, 0.3) is 0 Å². The van der Waals surface area contributed by atoms with E-state index in [2.05, 4.69) is 5.10 Å². The first kappa shape index (κ1) is 7.73. The van der Waals surface area contributed by atoms with Gasteiger partial charge >= 0.3 is 0 Å². The van der Waals surface area contributed by atoms with Crippen molar-refractivity contribution in [2.24, 2.45) is 0 Å². The molecule has 0 bridgehead atoms. The van der Waals surface area contributed by atoms with E-state index >= 15 is 0 Å². The summed E-state index contributed by atoms with van der Waals surface area (Å²) < 4.78 is 13.2. The third kappa shape index (κ3) is 1.77. The van der Waals surface area contributed by atoms with Crippen LogP contribution < -0.4 is 0 Å². The summed E-state index contributed by atoms with van der Waals surface area (Å²) in [7, 11) is 0. The van der Waals surface area contributed by atoms with Crippen LogP contribution in [-0.2, 0) is 6.54 Å². The van der Waals surface area contributed by atoms with Crippen LogP contribution in [0.1, 0.15) is 12.1 Å². The lowest BCUT2D eigenvalue weighted by atomic mass is 10.4. The summed E-state index contributed by atoms with van der Waals surface area (Å²) in [4.78, 5) is 0. The zero-order valence-electron chi connectivity index (χ0n) is 6.00. The summed E-state index contributed by atoms with van der Waals surface area (Å²) >= 11 is 0. The van der Waals surface area contributed by atoms with Crippen LogP contribution in [0.4, 0.5) is 4.39 Å². The van der Waals surface area contributed by atoms with Crippen LogP contribution in [0.25, 0.3) is 0 Å². The lowest BCUT2D eigenvalue weighted by Crippen LogP contribution is -2.02. The van der Waals surface area contributed by atoms with Gasteiger partial charge in [0.1, 0.15) is 11.8 Å². The van der Waals surface area contributed by atoms with Gasteiger partial charge < -0.3 is 0 Å². The molecule has 0 unspecified atom stereocenters. The molecule has 0 aliphatic rings. The Hall–Kier alpha value is -1.37. The van der Waals surface area contributed by atoms with E-state index in [-0.39, 0.29) is 6.67 Å². The highest BCUT2D eigenvalue weighted by molar-refractivity contribution is 5.17. The summed E-state index contributed by atoms with van der Waals surface area (Å²) in [6.07, 6.45) is 1.95. The number of rotatable bonds is 3. The molecule has 0 radical (unpaired) electrons. The van der Waals surface area contributed by atoms with Crippen LogP contribution in [-0.4, -0.2) is 16.5 Å². The van der Waals surface area contributed by atoms with Gasteiger partial charge in [-0.05, 0) is 12.5 Å². The van der Waals surface area contributed by atoms with E-state index in [1.54, 1.807) is 6.07 Å². The first-order valence-corrected chi connectivity index (χ1v) is 3.36. The molecule has 3 nitrogen and oxygen atoms in total. The highest BCUT2D eigenvalue weighted by Crippen LogP contribution is 1.97. The first-order chi connectivity index (χ1) is 5.38. The number of aryl methyl sites for hydroxylation is 1. The standard InChI is InChI=1S/C7H8FN3/c8-3-1-5-11-7(6-9)2-4-10-11/h2,4H,1,3,5H2. The van der Waals surface area contributed by atoms with E-state index in [4.69, 9.17) is 5.26 Å². The van der Waals surface area contributed by atoms with Gasteiger partial charge in [-0.3, -0.25) is 9.07 Å². The Morgan fingerprint density at radius 2 is 2.55 bits per heavy atom. The average molecular weight is 153 g/mol. The van der Waals surface area contributed by atoms with Gasteiger partial charge in [-0.2, -0.15) is 10.4 Å². The second-order valence-corrected chi connectivity index (χ2v) is 2.09. The topological polar surface area (TPSA) is 41.6 Å². The number of aromatic nitrogens is 2. The number of nitriles is 1. The smallest absolute Gasteiger partial charge is 0.138 e. The fourth-order valence-corrected chi connectivity index (χ4v) is 0.815. The van der Waals surface area contributed by atoms with Crippen molar-refractivity contribution < 1.29 is 4.39 Å². The van der Waals surface area contributed by atoms with Gasteiger partial charge in [-0.1, -0.05) is 0 Å². The summed E-state index contributed by atoms with van der Waals surface area (Å²) in [6.45, 7) is 0.108. The van der Waals surface area contributed by atoms with E-state index in [1.807, 2.05) is 6.07 Å². The maximum Gasteiger partial charge on any atom is 0.138 e. The van der Waals surface area contributed by atoms with Crippen LogP contribution in [0.2, 0.25) is 0 Å². The molecule has 0 N–H and O–H groups in total. The van der Waals surface area contributed by atoms with Crippen molar-refractivity contribution in [2.45, 2.75) is 13.0 Å². The van der Waals surface area contributed by atoms with Crippen molar-refractivity contribution in [3.8, 4) is 6.07 Å². The minimum Gasteiger partial charge on any atom is -0.255 e. The van der Waals surface area contributed by atoms with Crippen LogP contribution in [0, 0.1) is 11.3 Å². The fourth-order valence-electron chi connectivity index (χ4n) is 0.815. The maximum absolute atomic E-state index is 11.7. The molecule has 1 aromatic rings. The monoisotopic (exact) mass is 153 g/mol. The number of hydrogen-bond donors (Lipinski definition) is 0. The molecule has 58 valence electrons. The maximum atomic E-state index is 11.7. The Kier molecular flexibility index (Phi) is 2.61. The van der Waals surface area contributed by atoms with Gasteiger partial charge in [0, 0.05) is 6.54 Å². The van der Waals surface area contributed by atoms with E-state index in [9.17, 15) is 4.39 Å². The zero-order valence-corrected chi connectivity index (χ0v) is 6.00. The SMILES string of the molecule is N#Cc1ccnn1CCCF. The molecular formula is C7H8FN3. The molecule has 11 heavy (non-hydrogen) atoms. The molecule has 0 aliphatic heterocycles. The number of nitrogens with zero attached hydrogens (tertiary/aromatic N) is 3. The molecule has 0 aromatic carbocycles. The Labute approximate surface area is 64.1 Å². The molecule has 0 aliphatic carbocycles. The predicted molar refractivity (Wildman–Crippen MR) is 37.5 cm³/mol. The predicted octanol–water partition coefficient (Wildman–Crippen LogP) is 1.11. The van der Waals surface area contributed by atoms with Crippen molar-refractivity contribution in [3.63, 3.8) is 0 Å². The summed E-state index contributed by atoms with van der Waals surface area (Å²) in [6, 6.07) is 3.57. The van der Waals surface area contributed by atoms with Gasteiger partial charge in [0.2, 0.25) is 0 Å². The third-order valence-electron chi connectivity index (χ3n) is 1.33. The van der Waals surface area contributed by atoms with Gasteiger partial charge in [0.15, 0.2) is 0 Å². The molecule has 0 fully saturated rings. The Morgan fingerprint density at radius 1 is 1.73 bits per heavy atom. The highest BCUT2D eigenvalue weighted by atomic mass is 19.1. The van der Waals surface area contributed by atoms with Crippen molar-refractivity contribution in [3.05, 3.63) is 18.0 Å². The summed E-state index contributed by atoms with van der Waals surface area (Å²) in [5, 5.41) is 12.4. The second kappa shape index (κ2) is 3.71. The minimum absolute atomic E-state index is 0.370. The normalized spacial score (nSPS) is 9.45. The van der Waals surface area contributed by atoms with E-state index in [0.29, 0.717) is 18.7 Å². The van der Waals surface area contributed by atoms with E-state index in [1.165, 1.54) is 10.9 Å². The van der Waals surface area contributed by atoms with Crippen molar-refractivity contribution in [2.75, 3.05) is 6.67 Å². The first-order valence-electron chi connectivity index (χ1n) is 3.36. The van der Waals surface area contributed by atoms with Gasteiger partial charge in [0.05, 0.1) is 12.9 Å². The summed E-state index contributed by atoms with van der Waals surface area (Å²) in [5.74, 6) is 0. The molecule has 0 saturated carbocycles. The quantitative estimate of drug-likeness (QED) is 0.652. The van der Waals surface area contributed by atoms with E-state index < -0.39 is 0 Å². The number of alkyl halides is 1. The molecule has 0 saturated heterocycles. The van der Waals surface area contributed by atoms with Crippen molar-refractivity contribution in [1.82, 2.24) is 9.78 Å². The van der Waals surface area contributed by atoms with Crippen LogP contribution in [0.15, 0.2) is 12.3 Å². The highest BCUT2D eigenvalue weighted by Gasteiger charge is 1.98. The van der Waals surface area contributed by atoms with E-state index in [0.717, 1.165) is 0 Å². The summed E-state index contributed by atoms with van der Waals surface area (Å²) in [5.41, 5.74) is 0.485. The number of halogens is 1. The zero-order chi connectivity index (χ0) is 8.10. The van der Waals surface area contributed by atoms with Gasteiger partial charge in [-0.25, -0.2) is 0 Å². The minimum atomic E-state index is -0.370. The molecule has 0 amide bonds. The lowest BCUT2D eigenvalue weighted by Gasteiger charge is -1.98. The molecule has 4 heteroatoms. The second-order valence-electron chi connectivity index (χ2n) is 2.09. The molecule has 1 aromatic heterocycles. The Bertz CT molecular complexity index is 261.